The van der Waals surface area contributed by atoms with Gasteiger partial charge in [0, 0.05) is 17.5 Å². The first-order valence-corrected chi connectivity index (χ1v) is 7.28. The molecular formula is C13H18N4O2S. The number of thiazole rings is 1. The minimum atomic E-state index is -0.286. The maximum Gasteiger partial charge on any atom is 0.319 e. The number of rotatable bonds is 4. The highest BCUT2D eigenvalue weighted by Crippen LogP contribution is 2.22. The first-order valence-electron chi connectivity index (χ1n) is 6.46. The van der Waals surface area contributed by atoms with Crippen molar-refractivity contribution in [3.8, 4) is 0 Å². The van der Waals surface area contributed by atoms with Gasteiger partial charge in [0.25, 0.3) is 0 Å². The van der Waals surface area contributed by atoms with Crippen LogP contribution in [0.15, 0.2) is 10.7 Å². The molecule has 2 rings (SSSR count). The van der Waals surface area contributed by atoms with Gasteiger partial charge in [-0.05, 0) is 20.8 Å². The van der Waals surface area contributed by atoms with Gasteiger partial charge < -0.3 is 15.2 Å². The molecule has 0 fully saturated rings. The molecule has 0 aliphatic rings. The lowest BCUT2D eigenvalue weighted by Gasteiger charge is -2.12. The van der Waals surface area contributed by atoms with Crippen molar-refractivity contribution in [1.29, 1.82) is 0 Å². The summed E-state index contributed by atoms with van der Waals surface area (Å²) in [6.45, 7) is 7.64. The molecule has 108 valence electrons. The highest BCUT2D eigenvalue weighted by molar-refractivity contribution is 7.11. The van der Waals surface area contributed by atoms with Crippen LogP contribution in [0.25, 0.3) is 0 Å². The Bertz CT molecular complexity index is 605. The average Bonchev–Trinajstić information content (AvgIpc) is 2.97. The number of aryl methyl sites for hydroxylation is 3. The Morgan fingerprint density at radius 3 is 2.85 bits per heavy atom. The first-order chi connectivity index (χ1) is 9.51. The Hall–Kier alpha value is -1.89. The molecule has 0 saturated heterocycles. The van der Waals surface area contributed by atoms with Crippen LogP contribution in [0.5, 0.6) is 0 Å². The van der Waals surface area contributed by atoms with Gasteiger partial charge in [-0.1, -0.05) is 12.1 Å². The summed E-state index contributed by atoms with van der Waals surface area (Å²) in [5.74, 6) is 0.676. The molecule has 0 aliphatic carbocycles. The highest BCUT2D eigenvalue weighted by Gasteiger charge is 2.17. The summed E-state index contributed by atoms with van der Waals surface area (Å²) >= 11 is 1.57. The van der Waals surface area contributed by atoms with Crippen LogP contribution in [0.4, 0.5) is 10.5 Å². The standard InChI is InChI=1S/C13H18N4O2S/c1-5-10-11(8(3)17-19-10)16-13(18)15-9(4)12-14-6-7(2)20-12/h6,9H,5H2,1-4H3,(H2,15,16,18). The van der Waals surface area contributed by atoms with Crippen LogP contribution in [0, 0.1) is 13.8 Å². The zero-order chi connectivity index (χ0) is 14.7. The van der Waals surface area contributed by atoms with Crippen molar-refractivity contribution in [2.75, 3.05) is 5.32 Å². The van der Waals surface area contributed by atoms with E-state index < -0.39 is 0 Å². The van der Waals surface area contributed by atoms with Gasteiger partial charge in [-0.3, -0.25) is 0 Å². The van der Waals surface area contributed by atoms with Crippen molar-refractivity contribution >= 4 is 23.1 Å². The summed E-state index contributed by atoms with van der Waals surface area (Å²) in [4.78, 5) is 17.4. The van der Waals surface area contributed by atoms with Gasteiger partial charge in [0.1, 0.15) is 16.4 Å². The molecule has 2 amide bonds. The fraction of sp³-hybridized carbons (Fsp3) is 0.462. The molecule has 2 heterocycles. The second-order valence-corrected chi connectivity index (χ2v) is 5.82. The predicted octanol–water partition coefficient (Wildman–Crippen LogP) is 3.19. The number of carbonyl (C=O) groups excluding carboxylic acids is 1. The lowest BCUT2D eigenvalue weighted by molar-refractivity contribution is 0.249. The number of hydrogen-bond acceptors (Lipinski definition) is 5. The van der Waals surface area contributed by atoms with Gasteiger partial charge in [0.2, 0.25) is 0 Å². The van der Waals surface area contributed by atoms with E-state index in [1.54, 1.807) is 24.5 Å². The summed E-state index contributed by atoms with van der Waals surface area (Å²) in [7, 11) is 0. The monoisotopic (exact) mass is 294 g/mol. The van der Waals surface area contributed by atoms with Crippen LogP contribution in [-0.4, -0.2) is 16.2 Å². The van der Waals surface area contributed by atoms with E-state index >= 15 is 0 Å². The number of nitrogens with one attached hydrogen (secondary N) is 2. The Kier molecular flexibility index (Phi) is 4.39. The molecule has 6 nitrogen and oxygen atoms in total. The van der Waals surface area contributed by atoms with Crippen LogP contribution in [-0.2, 0) is 6.42 Å². The van der Waals surface area contributed by atoms with E-state index in [0.717, 1.165) is 9.88 Å². The van der Waals surface area contributed by atoms with E-state index in [0.29, 0.717) is 23.6 Å². The minimum Gasteiger partial charge on any atom is -0.359 e. The minimum absolute atomic E-state index is 0.140. The maximum absolute atomic E-state index is 12.0. The SMILES string of the molecule is CCc1onc(C)c1NC(=O)NC(C)c1ncc(C)s1. The van der Waals surface area contributed by atoms with Gasteiger partial charge >= 0.3 is 6.03 Å². The van der Waals surface area contributed by atoms with Crippen LogP contribution in [0.2, 0.25) is 0 Å². The van der Waals surface area contributed by atoms with E-state index in [4.69, 9.17) is 4.52 Å². The zero-order valence-electron chi connectivity index (χ0n) is 12.0. The van der Waals surface area contributed by atoms with Crippen LogP contribution in [0.1, 0.15) is 41.2 Å². The molecular weight excluding hydrogens is 276 g/mol. The fourth-order valence-electron chi connectivity index (χ4n) is 1.80. The molecule has 0 saturated carbocycles. The lowest BCUT2D eigenvalue weighted by Crippen LogP contribution is -2.31. The van der Waals surface area contributed by atoms with Crippen molar-refractivity contribution < 1.29 is 9.32 Å². The molecule has 2 aromatic rings. The first kappa shape index (κ1) is 14.5. The molecule has 20 heavy (non-hydrogen) atoms. The van der Waals surface area contributed by atoms with Gasteiger partial charge in [-0.25, -0.2) is 9.78 Å². The van der Waals surface area contributed by atoms with Gasteiger partial charge in [-0.2, -0.15) is 0 Å². The number of anilines is 1. The van der Waals surface area contributed by atoms with Crippen LogP contribution in [0.3, 0.4) is 0 Å². The summed E-state index contributed by atoms with van der Waals surface area (Å²) in [6, 6.07) is -0.426. The number of hydrogen-bond donors (Lipinski definition) is 2. The summed E-state index contributed by atoms with van der Waals surface area (Å²) in [6.07, 6.45) is 2.48. The van der Waals surface area contributed by atoms with Gasteiger partial charge in [-0.15, -0.1) is 11.3 Å². The third-order valence-electron chi connectivity index (χ3n) is 2.85. The number of carbonyl (C=O) groups is 1. The van der Waals surface area contributed by atoms with E-state index in [1.807, 2.05) is 20.8 Å². The van der Waals surface area contributed by atoms with Crippen LogP contribution < -0.4 is 10.6 Å². The lowest BCUT2D eigenvalue weighted by atomic mass is 10.2. The zero-order valence-corrected chi connectivity index (χ0v) is 12.8. The number of amides is 2. The van der Waals surface area contributed by atoms with E-state index in [1.165, 1.54) is 0 Å². The Labute approximate surface area is 121 Å². The molecule has 2 N–H and O–H groups in total. The molecule has 7 heteroatoms. The Morgan fingerprint density at radius 1 is 1.50 bits per heavy atom. The Morgan fingerprint density at radius 2 is 2.25 bits per heavy atom. The predicted molar refractivity (Wildman–Crippen MR) is 78.0 cm³/mol. The Balaban J connectivity index is 2.00. The third-order valence-corrected chi connectivity index (χ3v) is 3.95. The molecule has 2 aromatic heterocycles. The molecule has 0 bridgehead atoms. The maximum atomic E-state index is 12.0. The fourth-order valence-corrected chi connectivity index (χ4v) is 2.57. The second kappa shape index (κ2) is 6.04. The van der Waals surface area contributed by atoms with E-state index in [-0.39, 0.29) is 12.1 Å². The highest BCUT2D eigenvalue weighted by atomic mass is 32.1. The van der Waals surface area contributed by atoms with Crippen molar-refractivity contribution in [2.45, 2.75) is 40.2 Å². The van der Waals surface area contributed by atoms with Crippen molar-refractivity contribution in [2.24, 2.45) is 0 Å². The molecule has 0 spiro atoms. The average molecular weight is 294 g/mol. The van der Waals surface area contributed by atoms with Crippen LogP contribution >= 0.6 is 11.3 Å². The topological polar surface area (TPSA) is 80.0 Å². The smallest absolute Gasteiger partial charge is 0.319 e. The normalized spacial score (nSPS) is 12.2. The molecule has 1 unspecified atom stereocenters. The van der Waals surface area contributed by atoms with E-state index in [2.05, 4.69) is 20.8 Å². The number of nitrogens with zero attached hydrogens (tertiary/aromatic N) is 2. The van der Waals surface area contributed by atoms with E-state index in [9.17, 15) is 4.79 Å². The third kappa shape index (κ3) is 3.16. The molecule has 0 aliphatic heterocycles. The summed E-state index contributed by atoms with van der Waals surface area (Å²) < 4.78 is 5.14. The molecule has 0 aromatic carbocycles. The van der Waals surface area contributed by atoms with Gasteiger partial charge in [0.15, 0.2) is 5.76 Å². The number of aromatic nitrogens is 2. The largest absolute Gasteiger partial charge is 0.359 e. The summed E-state index contributed by atoms with van der Waals surface area (Å²) in [5.41, 5.74) is 1.32. The second-order valence-electron chi connectivity index (χ2n) is 4.55. The van der Waals surface area contributed by atoms with Crippen molar-refractivity contribution in [1.82, 2.24) is 15.5 Å². The summed E-state index contributed by atoms with van der Waals surface area (Å²) in [5, 5.41) is 10.4. The van der Waals surface area contributed by atoms with Crippen molar-refractivity contribution in [3.63, 3.8) is 0 Å². The van der Waals surface area contributed by atoms with Crippen molar-refractivity contribution in [3.05, 3.63) is 27.5 Å². The van der Waals surface area contributed by atoms with Gasteiger partial charge in [0.05, 0.1) is 6.04 Å². The molecule has 0 radical (unpaired) electrons. The molecule has 1 atom stereocenters. The quantitative estimate of drug-likeness (QED) is 0.907. The number of urea groups is 1.